The first-order valence-corrected chi connectivity index (χ1v) is 6.63. The van der Waals surface area contributed by atoms with Gasteiger partial charge in [0.05, 0.1) is 0 Å². The van der Waals surface area contributed by atoms with Crippen LogP contribution >= 0.6 is 0 Å². The smallest absolute Gasteiger partial charge is 0.228 e. The predicted molar refractivity (Wildman–Crippen MR) is 74.1 cm³/mol. The third-order valence-corrected chi connectivity index (χ3v) is 4.07. The molecule has 1 fully saturated rings. The summed E-state index contributed by atoms with van der Waals surface area (Å²) < 4.78 is 0. The molecule has 0 aromatic heterocycles. The zero-order chi connectivity index (χ0) is 13.2. The van der Waals surface area contributed by atoms with E-state index >= 15 is 0 Å². The Bertz CT molecular complexity index is 440. The number of amides is 1. The van der Waals surface area contributed by atoms with Crippen molar-refractivity contribution in [2.75, 3.05) is 5.32 Å². The lowest BCUT2D eigenvalue weighted by atomic mass is 9.81. The maximum absolute atomic E-state index is 12.3. The number of para-hydroxylation sites is 1. The molecular formula is C15H22N2O. The van der Waals surface area contributed by atoms with E-state index in [-0.39, 0.29) is 17.2 Å². The maximum atomic E-state index is 12.3. The third-order valence-electron chi connectivity index (χ3n) is 4.07. The summed E-state index contributed by atoms with van der Waals surface area (Å²) in [6.07, 6.45) is 3.26. The van der Waals surface area contributed by atoms with Gasteiger partial charge in [-0.2, -0.15) is 0 Å². The van der Waals surface area contributed by atoms with E-state index < -0.39 is 0 Å². The normalized spacial score (nSPS) is 21.8. The number of anilines is 1. The van der Waals surface area contributed by atoms with Gasteiger partial charge in [0.1, 0.15) is 0 Å². The molecule has 1 saturated carbocycles. The summed E-state index contributed by atoms with van der Waals surface area (Å²) in [5, 5.41) is 3.04. The summed E-state index contributed by atoms with van der Waals surface area (Å²) in [5.74, 6) is 0.252. The summed E-state index contributed by atoms with van der Waals surface area (Å²) in [5.41, 5.74) is 7.64. The minimum absolute atomic E-state index is 0.113. The average Bonchev–Trinajstić information content (AvgIpc) is 2.69. The summed E-state index contributed by atoms with van der Waals surface area (Å²) in [4.78, 5) is 12.3. The number of nitrogens with two attached hydrogens (primary N) is 1. The molecule has 1 aromatic rings. The zero-order valence-electron chi connectivity index (χ0n) is 11.2. The second kappa shape index (κ2) is 5.11. The van der Waals surface area contributed by atoms with Crippen molar-refractivity contribution < 1.29 is 4.79 Å². The van der Waals surface area contributed by atoms with Gasteiger partial charge in [0.25, 0.3) is 0 Å². The van der Waals surface area contributed by atoms with Crippen molar-refractivity contribution >= 4 is 11.6 Å². The minimum Gasteiger partial charge on any atom is -0.326 e. The van der Waals surface area contributed by atoms with E-state index in [1.54, 1.807) is 0 Å². The van der Waals surface area contributed by atoms with Gasteiger partial charge >= 0.3 is 0 Å². The van der Waals surface area contributed by atoms with Crippen molar-refractivity contribution in [2.45, 2.75) is 39.7 Å². The second-order valence-corrected chi connectivity index (χ2v) is 5.78. The Morgan fingerprint density at radius 3 is 2.78 bits per heavy atom. The Balaban J connectivity index is 2.12. The molecule has 2 rings (SSSR count). The first-order chi connectivity index (χ1) is 8.54. The van der Waals surface area contributed by atoms with Crippen LogP contribution in [-0.2, 0) is 11.3 Å². The molecule has 1 aliphatic rings. The van der Waals surface area contributed by atoms with Crippen LogP contribution in [0.3, 0.4) is 0 Å². The predicted octanol–water partition coefficient (Wildman–Crippen LogP) is 2.91. The lowest BCUT2D eigenvalue weighted by Gasteiger charge is -2.26. The molecule has 0 spiro atoms. The molecule has 0 radical (unpaired) electrons. The average molecular weight is 246 g/mol. The van der Waals surface area contributed by atoms with Crippen molar-refractivity contribution in [1.82, 2.24) is 0 Å². The molecule has 0 heterocycles. The van der Waals surface area contributed by atoms with Crippen LogP contribution in [0.4, 0.5) is 5.69 Å². The quantitative estimate of drug-likeness (QED) is 0.861. The molecule has 0 saturated heterocycles. The highest BCUT2D eigenvalue weighted by atomic mass is 16.1. The lowest BCUT2D eigenvalue weighted by molar-refractivity contribution is -0.122. The summed E-state index contributed by atoms with van der Waals surface area (Å²) in [7, 11) is 0. The van der Waals surface area contributed by atoms with E-state index in [1.807, 2.05) is 24.3 Å². The Hall–Kier alpha value is -1.35. The highest BCUT2D eigenvalue weighted by molar-refractivity contribution is 5.93. The molecule has 98 valence electrons. The molecule has 1 unspecified atom stereocenters. The lowest BCUT2D eigenvalue weighted by Crippen LogP contribution is -2.31. The van der Waals surface area contributed by atoms with Crippen LogP contribution in [0.25, 0.3) is 0 Å². The Kier molecular flexibility index (Phi) is 3.71. The van der Waals surface area contributed by atoms with Gasteiger partial charge in [0.15, 0.2) is 0 Å². The number of carbonyl (C=O) groups excluding carboxylic acids is 1. The first kappa shape index (κ1) is 13.1. The van der Waals surface area contributed by atoms with E-state index in [0.717, 1.165) is 30.5 Å². The number of rotatable bonds is 3. The SMILES string of the molecule is CC1(C)CCCC1C(=O)Nc1ccccc1CN. The number of nitrogens with one attached hydrogen (secondary N) is 1. The molecule has 3 heteroatoms. The van der Waals surface area contributed by atoms with Gasteiger partial charge in [-0.15, -0.1) is 0 Å². The van der Waals surface area contributed by atoms with Crippen molar-refractivity contribution in [3.05, 3.63) is 29.8 Å². The van der Waals surface area contributed by atoms with E-state index in [2.05, 4.69) is 19.2 Å². The largest absolute Gasteiger partial charge is 0.326 e. The molecule has 1 aromatic carbocycles. The maximum Gasteiger partial charge on any atom is 0.228 e. The summed E-state index contributed by atoms with van der Waals surface area (Å²) in [6.45, 7) is 4.81. The van der Waals surface area contributed by atoms with Gasteiger partial charge in [-0.1, -0.05) is 38.5 Å². The monoisotopic (exact) mass is 246 g/mol. The topological polar surface area (TPSA) is 55.1 Å². The fraction of sp³-hybridized carbons (Fsp3) is 0.533. The Morgan fingerprint density at radius 1 is 1.44 bits per heavy atom. The van der Waals surface area contributed by atoms with Crippen LogP contribution in [-0.4, -0.2) is 5.91 Å². The van der Waals surface area contributed by atoms with Gasteiger partial charge in [0.2, 0.25) is 5.91 Å². The minimum atomic E-state index is 0.113. The molecule has 1 aliphatic carbocycles. The van der Waals surface area contributed by atoms with E-state index in [1.165, 1.54) is 0 Å². The van der Waals surface area contributed by atoms with E-state index in [0.29, 0.717) is 6.54 Å². The number of hydrogen-bond acceptors (Lipinski definition) is 2. The van der Waals surface area contributed by atoms with Crippen LogP contribution in [0.5, 0.6) is 0 Å². The number of benzene rings is 1. The van der Waals surface area contributed by atoms with Gasteiger partial charge < -0.3 is 11.1 Å². The molecule has 3 N–H and O–H groups in total. The Labute approximate surface area is 109 Å². The van der Waals surface area contributed by atoms with Gasteiger partial charge in [-0.3, -0.25) is 4.79 Å². The Morgan fingerprint density at radius 2 is 2.17 bits per heavy atom. The van der Waals surface area contributed by atoms with Gasteiger partial charge in [-0.25, -0.2) is 0 Å². The molecule has 18 heavy (non-hydrogen) atoms. The molecular weight excluding hydrogens is 224 g/mol. The van der Waals surface area contributed by atoms with Gasteiger partial charge in [0, 0.05) is 18.2 Å². The highest BCUT2D eigenvalue weighted by Gasteiger charge is 2.39. The fourth-order valence-corrected chi connectivity index (χ4v) is 2.85. The highest BCUT2D eigenvalue weighted by Crippen LogP contribution is 2.43. The standard InChI is InChI=1S/C15H22N2O/c1-15(2)9-5-7-12(15)14(18)17-13-8-4-3-6-11(13)10-16/h3-4,6,8,12H,5,7,9-10,16H2,1-2H3,(H,17,18). The van der Waals surface area contributed by atoms with Crippen LogP contribution in [0, 0.1) is 11.3 Å². The molecule has 0 bridgehead atoms. The van der Waals surface area contributed by atoms with Crippen molar-refractivity contribution in [3.8, 4) is 0 Å². The van der Waals surface area contributed by atoms with Crippen LogP contribution in [0.2, 0.25) is 0 Å². The van der Waals surface area contributed by atoms with Crippen molar-refractivity contribution in [3.63, 3.8) is 0 Å². The van der Waals surface area contributed by atoms with Crippen molar-refractivity contribution in [2.24, 2.45) is 17.1 Å². The van der Waals surface area contributed by atoms with Crippen molar-refractivity contribution in [1.29, 1.82) is 0 Å². The molecule has 1 atom stereocenters. The second-order valence-electron chi connectivity index (χ2n) is 5.78. The summed E-state index contributed by atoms with van der Waals surface area (Å²) in [6, 6.07) is 7.74. The van der Waals surface area contributed by atoms with E-state index in [9.17, 15) is 4.79 Å². The third kappa shape index (κ3) is 2.56. The van der Waals surface area contributed by atoms with Crippen LogP contribution in [0.15, 0.2) is 24.3 Å². The fourth-order valence-electron chi connectivity index (χ4n) is 2.85. The first-order valence-electron chi connectivity index (χ1n) is 6.63. The molecule has 0 aliphatic heterocycles. The molecule has 3 nitrogen and oxygen atoms in total. The zero-order valence-corrected chi connectivity index (χ0v) is 11.2. The number of hydrogen-bond donors (Lipinski definition) is 2. The number of carbonyl (C=O) groups is 1. The van der Waals surface area contributed by atoms with Crippen LogP contribution in [0.1, 0.15) is 38.7 Å². The van der Waals surface area contributed by atoms with Crippen LogP contribution < -0.4 is 11.1 Å². The van der Waals surface area contributed by atoms with E-state index in [4.69, 9.17) is 5.73 Å². The summed E-state index contributed by atoms with van der Waals surface area (Å²) >= 11 is 0. The van der Waals surface area contributed by atoms with Gasteiger partial charge in [-0.05, 0) is 29.9 Å². The molecule has 1 amide bonds.